The van der Waals surface area contributed by atoms with Crippen LogP contribution in [0, 0.1) is 22.9 Å². The van der Waals surface area contributed by atoms with Crippen LogP contribution in [0.5, 0.6) is 0 Å². The first kappa shape index (κ1) is 15.2. The third kappa shape index (κ3) is 2.79. The summed E-state index contributed by atoms with van der Waals surface area (Å²) in [4.78, 5) is 9.63. The Kier molecular flexibility index (Phi) is 4.31. The minimum Gasteiger partial charge on any atom is -0.258 e. The highest BCUT2D eigenvalue weighted by Crippen LogP contribution is 2.28. The monoisotopic (exact) mass is 320 g/mol. The topological polar surface area (TPSA) is 80.5 Å². The number of halogens is 1. The van der Waals surface area contributed by atoms with E-state index in [9.17, 15) is 22.9 Å². The second kappa shape index (κ2) is 5.66. The van der Waals surface area contributed by atoms with Gasteiger partial charge in [0.25, 0.3) is 0 Å². The molecule has 110 valence electrons. The van der Waals surface area contributed by atoms with Crippen molar-refractivity contribution in [2.45, 2.75) is 11.8 Å². The Hall–Kier alpha value is -1.19. The summed E-state index contributed by atoms with van der Waals surface area (Å²) >= 11 is 1.65. The van der Waals surface area contributed by atoms with Crippen molar-refractivity contribution in [3.8, 4) is 0 Å². The van der Waals surface area contributed by atoms with E-state index in [1.807, 2.05) is 0 Å². The number of thioether (sulfide) groups is 1. The van der Waals surface area contributed by atoms with E-state index in [0.717, 1.165) is 12.1 Å². The molecule has 0 atom stereocenters. The Morgan fingerprint density at radius 1 is 1.35 bits per heavy atom. The molecule has 0 aliphatic carbocycles. The van der Waals surface area contributed by atoms with Crippen LogP contribution in [-0.2, 0) is 10.0 Å². The van der Waals surface area contributed by atoms with E-state index in [1.54, 1.807) is 11.8 Å². The molecule has 0 N–H and O–H groups in total. The third-order valence-electron chi connectivity index (χ3n) is 3.03. The Labute approximate surface area is 120 Å². The van der Waals surface area contributed by atoms with Crippen LogP contribution in [0.1, 0.15) is 5.56 Å². The Bertz CT molecular complexity index is 642. The molecule has 1 aliphatic heterocycles. The molecule has 1 aromatic rings. The predicted molar refractivity (Wildman–Crippen MR) is 73.9 cm³/mol. The van der Waals surface area contributed by atoms with Crippen LogP contribution in [0.4, 0.5) is 10.1 Å². The molecule has 0 radical (unpaired) electrons. The molecule has 1 saturated heterocycles. The van der Waals surface area contributed by atoms with Crippen LogP contribution in [0.25, 0.3) is 0 Å². The number of aryl methyl sites for hydroxylation is 1. The zero-order valence-electron chi connectivity index (χ0n) is 10.7. The van der Waals surface area contributed by atoms with Crippen molar-refractivity contribution < 1.29 is 17.7 Å². The van der Waals surface area contributed by atoms with Crippen LogP contribution in [0.2, 0.25) is 0 Å². The lowest BCUT2D eigenvalue weighted by Crippen LogP contribution is -2.38. The van der Waals surface area contributed by atoms with Crippen molar-refractivity contribution in [3.63, 3.8) is 0 Å². The molecule has 1 aromatic carbocycles. The molecule has 0 amide bonds. The summed E-state index contributed by atoms with van der Waals surface area (Å²) < 4.78 is 39.7. The fourth-order valence-electron chi connectivity index (χ4n) is 1.99. The normalized spacial score (nSPS) is 17.1. The van der Waals surface area contributed by atoms with E-state index in [1.165, 1.54) is 11.2 Å². The maximum absolute atomic E-state index is 13.5. The summed E-state index contributed by atoms with van der Waals surface area (Å²) in [6.07, 6.45) is 0. The van der Waals surface area contributed by atoms with Crippen LogP contribution in [0.3, 0.4) is 0 Å². The smallest absolute Gasteiger partial charge is 0.258 e. The highest BCUT2D eigenvalue weighted by molar-refractivity contribution is 7.99. The van der Waals surface area contributed by atoms with E-state index in [0.29, 0.717) is 24.6 Å². The molecular formula is C11H13FN2O4S2. The Morgan fingerprint density at radius 3 is 2.50 bits per heavy atom. The van der Waals surface area contributed by atoms with Gasteiger partial charge in [-0.05, 0) is 18.6 Å². The number of nitro benzene ring substituents is 1. The lowest BCUT2D eigenvalue weighted by atomic mass is 10.2. The standard InChI is InChI=1S/C11H13FN2O4S2/c1-8-6-9(12)10(14(15)16)7-11(8)20(17,18)13-2-4-19-5-3-13/h6-7H,2-5H2,1H3. The number of hydrogen-bond donors (Lipinski definition) is 0. The van der Waals surface area contributed by atoms with Gasteiger partial charge in [0.05, 0.1) is 9.82 Å². The van der Waals surface area contributed by atoms with Gasteiger partial charge in [0.1, 0.15) is 0 Å². The molecule has 0 unspecified atom stereocenters. The second-order valence-electron chi connectivity index (χ2n) is 4.34. The van der Waals surface area contributed by atoms with Gasteiger partial charge < -0.3 is 0 Å². The molecule has 0 saturated carbocycles. The molecule has 0 bridgehead atoms. The van der Waals surface area contributed by atoms with Crippen LogP contribution in [-0.4, -0.2) is 42.2 Å². The fraction of sp³-hybridized carbons (Fsp3) is 0.455. The maximum Gasteiger partial charge on any atom is 0.306 e. The summed E-state index contributed by atoms with van der Waals surface area (Å²) in [5.74, 6) is 0.337. The van der Waals surface area contributed by atoms with Crippen LogP contribution >= 0.6 is 11.8 Å². The van der Waals surface area contributed by atoms with Gasteiger partial charge in [-0.25, -0.2) is 8.42 Å². The molecule has 9 heteroatoms. The molecule has 1 fully saturated rings. The third-order valence-corrected chi connectivity index (χ3v) is 6.01. The fourth-order valence-corrected chi connectivity index (χ4v) is 4.79. The molecule has 6 nitrogen and oxygen atoms in total. The number of rotatable bonds is 3. The average Bonchev–Trinajstić information content (AvgIpc) is 2.39. The number of hydrogen-bond acceptors (Lipinski definition) is 5. The lowest BCUT2D eigenvalue weighted by Gasteiger charge is -2.26. The molecule has 1 aliphatic rings. The Balaban J connectivity index is 2.50. The first-order chi connectivity index (χ1) is 9.34. The summed E-state index contributed by atoms with van der Waals surface area (Å²) in [6, 6.07) is 1.70. The van der Waals surface area contributed by atoms with Gasteiger partial charge in [-0.3, -0.25) is 10.1 Å². The molecule has 0 aromatic heterocycles. The quantitative estimate of drug-likeness (QED) is 0.626. The molecule has 2 rings (SSSR count). The minimum absolute atomic E-state index is 0.173. The maximum atomic E-state index is 13.5. The van der Waals surface area contributed by atoms with Gasteiger partial charge in [-0.15, -0.1) is 0 Å². The van der Waals surface area contributed by atoms with Gasteiger partial charge in [-0.1, -0.05) is 0 Å². The molecule has 20 heavy (non-hydrogen) atoms. The highest BCUT2D eigenvalue weighted by Gasteiger charge is 2.30. The van der Waals surface area contributed by atoms with Crippen molar-refractivity contribution >= 4 is 27.5 Å². The van der Waals surface area contributed by atoms with E-state index in [4.69, 9.17) is 0 Å². The van der Waals surface area contributed by atoms with E-state index < -0.39 is 26.5 Å². The largest absolute Gasteiger partial charge is 0.306 e. The van der Waals surface area contributed by atoms with Gasteiger partial charge in [0.15, 0.2) is 0 Å². The van der Waals surface area contributed by atoms with Gasteiger partial charge in [-0.2, -0.15) is 20.5 Å². The minimum atomic E-state index is -3.82. The summed E-state index contributed by atoms with van der Waals surface area (Å²) in [5.41, 5.74) is -0.646. The molecular weight excluding hydrogens is 307 g/mol. The molecule has 0 spiro atoms. The summed E-state index contributed by atoms with van der Waals surface area (Å²) in [6.45, 7) is 2.15. The lowest BCUT2D eigenvalue weighted by molar-refractivity contribution is -0.387. The molecule has 1 heterocycles. The van der Waals surface area contributed by atoms with Gasteiger partial charge >= 0.3 is 5.69 Å². The zero-order chi connectivity index (χ0) is 14.9. The first-order valence-electron chi connectivity index (χ1n) is 5.86. The average molecular weight is 320 g/mol. The van der Waals surface area contributed by atoms with Crippen molar-refractivity contribution in [1.29, 1.82) is 0 Å². The highest BCUT2D eigenvalue weighted by atomic mass is 32.2. The van der Waals surface area contributed by atoms with E-state index >= 15 is 0 Å². The SMILES string of the molecule is Cc1cc(F)c([N+](=O)[O-])cc1S(=O)(=O)N1CCSCC1. The number of benzene rings is 1. The van der Waals surface area contributed by atoms with Crippen molar-refractivity contribution in [2.24, 2.45) is 0 Å². The van der Waals surface area contributed by atoms with E-state index in [-0.39, 0.29) is 10.5 Å². The van der Waals surface area contributed by atoms with Crippen molar-refractivity contribution in [2.75, 3.05) is 24.6 Å². The second-order valence-corrected chi connectivity index (χ2v) is 7.47. The summed E-state index contributed by atoms with van der Waals surface area (Å²) in [5, 5.41) is 10.7. The first-order valence-corrected chi connectivity index (χ1v) is 8.46. The van der Waals surface area contributed by atoms with Crippen LogP contribution in [0.15, 0.2) is 17.0 Å². The Morgan fingerprint density at radius 2 is 1.95 bits per heavy atom. The predicted octanol–water partition coefficient (Wildman–Crippen LogP) is 1.78. The number of nitro groups is 1. The van der Waals surface area contributed by atoms with Crippen molar-refractivity contribution in [1.82, 2.24) is 4.31 Å². The van der Waals surface area contributed by atoms with Crippen LogP contribution < -0.4 is 0 Å². The number of sulfonamides is 1. The van der Waals surface area contributed by atoms with Gasteiger partial charge in [0.2, 0.25) is 15.8 Å². The van der Waals surface area contributed by atoms with Gasteiger partial charge in [0, 0.05) is 30.7 Å². The van der Waals surface area contributed by atoms with E-state index in [2.05, 4.69) is 0 Å². The summed E-state index contributed by atoms with van der Waals surface area (Å²) in [7, 11) is -3.82. The zero-order valence-corrected chi connectivity index (χ0v) is 12.3. The number of nitrogens with zero attached hydrogens (tertiary/aromatic N) is 2. The van der Waals surface area contributed by atoms with Crippen molar-refractivity contribution in [3.05, 3.63) is 33.6 Å².